The van der Waals surface area contributed by atoms with Crippen LogP contribution < -0.4 is 10.7 Å². The molecule has 3 aromatic rings. The van der Waals surface area contributed by atoms with E-state index >= 15 is 0 Å². The first-order valence-electron chi connectivity index (χ1n) is 9.42. The Bertz CT molecular complexity index is 1120. The first-order chi connectivity index (χ1) is 14.0. The molecule has 1 fully saturated rings. The van der Waals surface area contributed by atoms with E-state index in [4.69, 9.17) is 27.9 Å². The molecule has 1 saturated heterocycles. The van der Waals surface area contributed by atoms with Crippen molar-refractivity contribution in [3.8, 4) is 0 Å². The van der Waals surface area contributed by atoms with E-state index in [1.54, 1.807) is 30.3 Å². The van der Waals surface area contributed by atoms with Crippen LogP contribution in [0.25, 0.3) is 10.9 Å². The number of nitrogens with one attached hydrogen (secondary N) is 2. The Hall–Kier alpha value is -2.34. The van der Waals surface area contributed by atoms with Crippen molar-refractivity contribution < 1.29 is 9.53 Å². The highest BCUT2D eigenvalue weighted by atomic mass is 35.5. The summed E-state index contributed by atoms with van der Waals surface area (Å²) in [6, 6.07) is 12.5. The maximum absolute atomic E-state index is 12.8. The number of aromatic amines is 1. The molecular formula is C22H20Cl2N2O3. The molecule has 2 aromatic carbocycles. The van der Waals surface area contributed by atoms with Gasteiger partial charge in [0.1, 0.15) is 5.56 Å². The van der Waals surface area contributed by atoms with E-state index in [1.807, 2.05) is 12.1 Å². The fourth-order valence-electron chi connectivity index (χ4n) is 3.90. The molecule has 4 rings (SSSR count). The van der Waals surface area contributed by atoms with Crippen LogP contribution in [-0.4, -0.2) is 30.6 Å². The van der Waals surface area contributed by atoms with Crippen molar-refractivity contribution >= 4 is 40.0 Å². The number of halogens is 2. The molecule has 2 heterocycles. The molecule has 0 atom stereocenters. The number of fused-ring (bicyclic) bond motifs is 1. The second kappa shape index (κ2) is 8.19. The summed E-state index contributed by atoms with van der Waals surface area (Å²) < 4.78 is 5.53. The minimum absolute atomic E-state index is 0.0908. The molecule has 0 spiro atoms. The normalized spacial score (nSPS) is 15.9. The molecule has 150 valence electrons. The molecule has 29 heavy (non-hydrogen) atoms. The minimum Gasteiger partial charge on any atom is -0.381 e. The number of hydrogen-bond acceptors (Lipinski definition) is 3. The van der Waals surface area contributed by atoms with Crippen molar-refractivity contribution in [1.29, 1.82) is 0 Å². The fraction of sp³-hybridized carbons (Fsp3) is 0.273. The Labute approximate surface area is 178 Å². The lowest BCUT2D eigenvalue weighted by Gasteiger charge is -2.38. The van der Waals surface area contributed by atoms with Crippen LogP contribution in [-0.2, 0) is 10.2 Å². The summed E-state index contributed by atoms with van der Waals surface area (Å²) in [4.78, 5) is 28.6. The van der Waals surface area contributed by atoms with E-state index in [1.165, 1.54) is 6.20 Å². The van der Waals surface area contributed by atoms with Crippen LogP contribution in [0.4, 0.5) is 0 Å². The molecule has 1 aliphatic heterocycles. The first-order valence-corrected chi connectivity index (χ1v) is 10.2. The monoisotopic (exact) mass is 430 g/mol. The van der Waals surface area contributed by atoms with Crippen LogP contribution >= 0.6 is 23.2 Å². The van der Waals surface area contributed by atoms with Crippen LogP contribution in [0.3, 0.4) is 0 Å². The van der Waals surface area contributed by atoms with Crippen molar-refractivity contribution in [2.45, 2.75) is 18.3 Å². The van der Waals surface area contributed by atoms with Gasteiger partial charge in [-0.3, -0.25) is 9.59 Å². The van der Waals surface area contributed by atoms with Crippen LogP contribution in [0.2, 0.25) is 10.0 Å². The zero-order chi connectivity index (χ0) is 20.4. The summed E-state index contributed by atoms with van der Waals surface area (Å²) in [6.07, 6.45) is 2.89. The third-order valence-corrected chi connectivity index (χ3v) is 6.12. The van der Waals surface area contributed by atoms with Gasteiger partial charge in [-0.2, -0.15) is 0 Å². The second-order valence-electron chi connectivity index (χ2n) is 7.28. The lowest BCUT2D eigenvalue weighted by Crippen LogP contribution is -2.45. The average molecular weight is 431 g/mol. The fourth-order valence-corrected chi connectivity index (χ4v) is 4.51. The third-order valence-electron chi connectivity index (χ3n) is 5.57. The molecule has 1 aliphatic rings. The molecule has 7 heteroatoms. The van der Waals surface area contributed by atoms with Crippen molar-refractivity contribution in [2.75, 3.05) is 19.8 Å². The van der Waals surface area contributed by atoms with Gasteiger partial charge in [-0.25, -0.2) is 0 Å². The summed E-state index contributed by atoms with van der Waals surface area (Å²) in [5, 5.41) is 4.57. The molecule has 5 nitrogen and oxygen atoms in total. The summed E-state index contributed by atoms with van der Waals surface area (Å²) in [7, 11) is 0. The Morgan fingerprint density at radius 1 is 1.14 bits per heavy atom. The van der Waals surface area contributed by atoms with Gasteiger partial charge in [0.25, 0.3) is 5.91 Å². The number of benzene rings is 2. The molecule has 1 amide bonds. The lowest BCUT2D eigenvalue weighted by atomic mass is 9.74. The molecule has 0 unspecified atom stereocenters. The highest BCUT2D eigenvalue weighted by Crippen LogP contribution is 2.39. The first kappa shape index (κ1) is 20.0. The Balaban J connectivity index is 1.62. The number of amides is 1. The number of aromatic nitrogens is 1. The van der Waals surface area contributed by atoms with Gasteiger partial charge in [0, 0.05) is 52.3 Å². The highest BCUT2D eigenvalue weighted by molar-refractivity contribution is 6.35. The molecule has 0 aliphatic carbocycles. The average Bonchev–Trinajstić information content (AvgIpc) is 2.73. The van der Waals surface area contributed by atoms with Gasteiger partial charge < -0.3 is 15.0 Å². The minimum atomic E-state index is -0.409. The maximum Gasteiger partial charge on any atom is 0.256 e. The molecule has 2 N–H and O–H groups in total. The van der Waals surface area contributed by atoms with E-state index < -0.39 is 5.91 Å². The number of pyridine rings is 1. The summed E-state index contributed by atoms with van der Waals surface area (Å²) >= 11 is 12.5. The van der Waals surface area contributed by atoms with Gasteiger partial charge in [-0.1, -0.05) is 41.4 Å². The smallest absolute Gasteiger partial charge is 0.256 e. The predicted molar refractivity (Wildman–Crippen MR) is 115 cm³/mol. The summed E-state index contributed by atoms with van der Waals surface area (Å²) in [5.74, 6) is -0.409. The number of carbonyl (C=O) groups excluding carboxylic acids is 1. The van der Waals surface area contributed by atoms with Crippen LogP contribution in [0.15, 0.2) is 53.5 Å². The van der Waals surface area contributed by atoms with Crippen LogP contribution in [0.1, 0.15) is 28.8 Å². The molecular weight excluding hydrogens is 411 g/mol. The van der Waals surface area contributed by atoms with Crippen molar-refractivity contribution in [2.24, 2.45) is 0 Å². The van der Waals surface area contributed by atoms with Gasteiger partial charge in [0.05, 0.1) is 0 Å². The van der Waals surface area contributed by atoms with Crippen molar-refractivity contribution in [3.05, 3.63) is 80.1 Å². The van der Waals surface area contributed by atoms with Crippen molar-refractivity contribution in [3.63, 3.8) is 0 Å². The zero-order valence-corrected chi connectivity index (χ0v) is 17.1. The lowest BCUT2D eigenvalue weighted by molar-refractivity contribution is 0.0487. The van der Waals surface area contributed by atoms with Crippen molar-refractivity contribution in [1.82, 2.24) is 10.3 Å². The topological polar surface area (TPSA) is 71.2 Å². The number of para-hydroxylation sites is 1. The standard InChI is InChI=1S/C22H20Cl2N2O3/c23-14-5-6-17(18(24)11-14)22(7-9-29-10-8-22)13-26-21(28)16-12-25-19-4-2-1-3-15(19)20(16)27/h1-6,11-12H,7-10,13H2,(H,25,27)(H,26,28). The SMILES string of the molecule is O=C(NCC1(c2ccc(Cl)cc2Cl)CCOCC1)c1c[nH]c2ccccc2c1=O. The summed E-state index contributed by atoms with van der Waals surface area (Å²) in [6.45, 7) is 1.50. The van der Waals surface area contributed by atoms with Gasteiger partial charge >= 0.3 is 0 Å². The van der Waals surface area contributed by atoms with Gasteiger partial charge in [-0.15, -0.1) is 0 Å². The highest BCUT2D eigenvalue weighted by Gasteiger charge is 2.36. The van der Waals surface area contributed by atoms with Crippen LogP contribution in [0.5, 0.6) is 0 Å². The molecule has 0 radical (unpaired) electrons. The largest absolute Gasteiger partial charge is 0.381 e. The second-order valence-corrected chi connectivity index (χ2v) is 8.12. The third kappa shape index (κ3) is 3.90. The summed E-state index contributed by atoms with van der Waals surface area (Å²) in [5.41, 5.74) is 1.05. The predicted octanol–water partition coefficient (Wildman–Crippen LogP) is 4.31. The molecule has 0 saturated carbocycles. The number of hydrogen-bond donors (Lipinski definition) is 2. The zero-order valence-electron chi connectivity index (χ0n) is 15.6. The van der Waals surface area contributed by atoms with E-state index in [0.29, 0.717) is 53.5 Å². The number of carbonyl (C=O) groups is 1. The molecule has 1 aromatic heterocycles. The van der Waals surface area contributed by atoms with E-state index in [2.05, 4.69) is 10.3 Å². The van der Waals surface area contributed by atoms with Gasteiger partial charge in [-0.05, 0) is 42.7 Å². The van der Waals surface area contributed by atoms with E-state index in [0.717, 1.165) is 5.56 Å². The maximum atomic E-state index is 12.8. The number of rotatable bonds is 4. The Morgan fingerprint density at radius 2 is 1.90 bits per heavy atom. The van der Waals surface area contributed by atoms with Crippen LogP contribution in [0, 0.1) is 0 Å². The number of ether oxygens (including phenoxy) is 1. The number of H-pyrrole nitrogens is 1. The quantitative estimate of drug-likeness (QED) is 0.647. The van der Waals surface area contributed by atoms with Gasteiger partial charge in [0.2, 0.25) is 5.43 Å². The molecule has 0 bridgehead atoms. The van der Waals surface area contributed by atoms with E-state index in [9.17, 15) is 9.59 Å². The van der Waals surface area contributed by atoms with E-state index in [-0.39, 0.29) is 16.4 Å². The Kier molecular flexibility index (Phi) is 5.63. The Morgan fingerprint density at radius 3 is 2.66 bits per heavy atom. The van der Waals surface area contributed by atoms with Gasteiger partial charge in [0.15, 0.2) is 0 Å².